The van der Waals surface area contributed by atoms with Crippen LogP contribution in [0.1, 0.15) is 26.7 Å². The molecule has 1 aliphatic heterocycles. The lowest BCUT2D eigenvalue weighted by atomic mass is 9.80. The topological polar surface area (TPSA) is 61.4 Å². The van der Waals surface area contributed by atoms with Gasteiger partial charge in [0.2, 0.25) is 5.91 Å². The molecule has 3 N–H and O–H groups in total. The molecule has 0 aliphatic carbocycles. The molecule has 0 aromatic heterocycles. The van der Waals surface area contributed by atoms with Crippen molar-refractivity contribution in [3.05, 3.63) is 0 Å². The van der Waals surface area contributed by atoms with Gasteiger partial charge in [-0.15, -0.1) is 0 Å². The van der Waals surface area contributed by atoms with Crippen molar-refractivity contribution in [3.8, 4) is 0 Å². The number of hydrogen-bond donors (Lipinski definition) is 3. The summed E-state index contributed by atoms with van der Waals surface area (Å²) < 4.78 is 0. The maximum atomic E-state index is 11.8. The molecule has 1 fully saturated rings. The molecular weight excluding hydrogens is 180 g/mol. The maximum Gasteiger partial charge on any atom is 0.226 e. The summed E-state index contributed by atoms with van der Waals surface area (Å²) in [5, 5.41) is 15.1. The van der Waals surface area contributed by atoms with E-state index in [1.54, 1.807) is 6.92 Å². The minimum atomic E-state index is -0.468. The zero-order valence-corrected chi connectivity index (χ0v) is 8.97. The first-order chi connectivity index (χ1) is 6.54. The fourth-order valence-electron chi connectivity index (χ4n) is 1.66. The zero-order valence-electron chi connectivity index (χ0n) is 8.97. The third-order valence-electron chi connectivity index (χ3n) is 2.81. The molecule has 1 aliphatic rings. The van der Waals surface area contributed by atoms with E-state index in [0.717, 1.165) is 25.9 Å². The van der Waals surface area contributed by atoms with Crippen LogP contribution in [0.15, 0.2) is 0 Å². The largest absolute Gasteiger partial charge is 0.392 e. The van der Waals surface area contributed by atoms with Crippen LogP contribution in [0.25, 0.3) is 0 Å². The van der Waals surface area contributed by atoms with E-state index in [2.05, 4.69) is 10.6 Å². The van der Waals surface area contributed by atoms with Crippen molar-refractivity contribution in [2.24, 2.45) is 5.41 Å². The van der Waals surface area contributed by atoms with Gasteiger partial charge in [0, 0.05) is 12.0 Å². The second-order valence-electron chi connectivity index (χ2n) is 4.37. The molecule has 1 heterocycles. The number of amides is 1. The van der Waals surface area contributed by atoms with Gasteiger partial charge in [0.25, 0.3) is 0 Å². The minimum absolute atomic E-state index is 0.0694. The van der Waals surface area contributed by atoms with E-state index in [-0.39, 0.29) is 11.3 Å². The molecule has 0 saturated carbocycles. The molecule has 82 valence electrons. The number of hydrogen-bond acceptors (Lipinski definition) is 3. The highest BCUT2D eigenvalue weighted by Gasteiger charge is 2.34. The van der Waals surface area contributed by atoms with Gasteiger partial charge in [-0.2, -0.15) is 0 Å². The number of nitrogens with one attached hydrogen (secondary N) is 2. The second-order valence-corrected chi connectivity index (χ2v) is 4.37. The van der Waals surface area contributed by atoms with Crippen molar-refractivity contribution in [1.82, 2.24) is 10.6 Å². The Labute approximate surface area is 85.1 Å². The minimum Gasteiger partial charge on any atom is -0.392 e. The van der Waals surface area contributed by atoms with Crippen LogP contribution >= 0.6 is 0 Å². The first-order valence-corrected chi connectivity index (χ1v) is 5.22. The first kappa shape index (κ1) is 11.5. The van der Waals surface area contributed by atoms with Gasteiger partial charge in [-0.05, 0) is 32.9 Å². The van der Waals surface area contributed by atoms with Crippen LogP contribution in [0.2, 0.25) is 0 Å². The van der Waals surface area contributed by atoms with Crippen LogP contribution in [0, 0.1) is 5.41 Å². The van der Waals surface area contributed by atoms with Gasteiger partial charge < -0.3 is 15.7 Å². The number of rotatable bonds is 3. The number of carbonyl (C=O) groups is 1. The summed E-state index contributed by atoms with van der Waals surface area (Å²) in [5.41, 5.74) is -0.250. The monoisotopic (exact) mass is 200 g/mol. The van der Waals surface area contributed by atoms with Crippen molar-refractivity contribution in [2.75, 3.05) is 19.6 Å². The zero-order chi connectivity index (χ0) is 10.6. The molecule has 1 amide bonds. The van der Waals surface area contributed by atoms with E-state index in [0.29, 0.717) is 6.54 Å². The van der Waals surface area contributed by atoms with E-state index < -0.39 is 6.10 Å². The normalized spacial score (nSPS) is 22.8. The Balaban J connectivity index is 2.41. The highest BCUT2D eigenvalue weighted by molar-refractivity contribution is 5.82. The van der Waals surface area contributed by atoms with E-state index in [1.807, 2.05) is 6.92 Å². The third-order valence-corrected chi connectivity index (χ3v) is 2.81. The summed E-state index contributed by atoms with van der Waals surface area (Å²) in [7, 11) is 0. The molecule has 1 saturated heterocycles. The molecule has 1 rings (SSSR count). The highest BCUT2D eigenvalue weighted by Crippen LogP contribution is 2.27. The van der Waals surface area contributed by atoms with Crippen LogP contribution < -0.4 is 10.6 Å². The molecule has 4 heteroatoms. The predicted molar refractivity (Wildman–Crippen MR) is 54.9 cm³/mol. The lowest BCUT2D eigenvalue weighted by Gasteiger charge is -2.32. The smallest absolute Gasteiger partial charge is 0.226 e. The number of piperidine rings is 1. The number of carbonyl (C=O) groups excluding carboxylic acids is 1. The van der Waals surface area contributed by atoms with Gasteiger partial charge in [0.15, 0.2) is 0 Å². The standard InChI is InChI=1S/C10H20N2O2/c1-8(13)7-12-9(14)10(2)3-5-11-6-4-10/h8,11,13H,3-7H2,1-2H3,(H,12,14)/t8-/m1/s1. The van der Waals surface area contributed by atoms with Gasteiger partial charge in [-0.1, -0.05) is 6.92 Å². The molecule has 0 spiro atoms. The van der Waals surface area contributed by atoms with E-state index in [9.17, 15) is 4.79 Å². The van der Waals surface area contributed by atoms with Gasteiger partial charge in [0.1, 0.15) is 0 Å². The molecule has 0 aromatic carbocycles. The van der Waals surface area contributed by atoms with Gasteiger partial charge >= 0.3 is 0 Å². The fourth-order valence-corrected chi connectivity index (χ4v) is 1.66. The Morgan fingerprint density at radius 1 is 1.57 bits per heavy atom. The average molecular weight is 200 g/mol. The van der Waals surface area contributed by atoms with Crippen molar-refractivity contribution < 1.29 is 9.90 Å². The van der Waals surface area contributed by atoms with Crippen molar-refractivity contribution >= 4 is 5.91 Å². The Morgan fingerprint density at radius 3 is 2.64 bits per heavy atom. The SMILES string of the molecule is C[C@@H](O)CNC(=O)C1(C)CCNCC1. The molecule has 0 aromatic rings. The van der Waals surface area contributed by atoms with Crippen molar-refractivity contribution in [3.63, 3.8) is 0 Å². The lowest BCUT2D eigenvalue weighted by molar-refractivity contribution is -0.132. The van der Waals surface area contributed by atoms with Crippen LogP contribution in [0.3, 0.4) is 0 Å². The van der Waals surface area contributed by atoms with Crippen molar-refractivity contribution in [1.29, 1.82) is 0 Å². The van der Waals surface area contributed by atoms with Crippen LogP contribution in [0.5, 0.6) is 0 Å². The molecule has 0 bridgehead atoms. The van der Waals surface area contributed by atoms with Gasteiger partial charge in [-0.3, -0.25) is 4.79 Å². The summed E-state index contributed by atoms with van der Waals surface area (Å²) >= 11 is 0. The van der Waals surface area contributed by atoms with Crippen molar-refractivity contribution in [2.45, 2.75) is 32.8 Å². The Bertz CT molecular complexity index is 198. The Hall–Kier alpha value is -0.610. The average Bonchev–Trinajstić information content (AvgIpc) is 2.15. The molecule has 0 radical (unpaired) electrons. The second kappa shape index (κ2) is 4.75. The summed E-state index contributed by atoms with van der Waals surface area (Å²) in [4.78, 5) is 11.8. The summed E-state index contributed by atoms with van der Waals surface area (Å²) in [6.45, 7) is 5.81. The van der Waals surface area contributed by atoms with E-state index in [1.165, 1.54) is 0 Å². The molecule has 4 nitrogen and oxygen atoms in total. The van der Waals surface area contributed by atoms with Crippen LogP contribution in [-0.2, 0) is 4.79 Å². The summed E-state index contributed by atoms with van der Waals surface area (Å²) in [6, 6.07) is 0. The van der Waals surface area contributed by atoms with E-state index in [4.69, 9.17) is 5.11 Å². The maximum absolute atomic E-state index is 11.8. The van der Waals surface area contributed by atoms with Crippen LogP contribution in [0.4, 0.5) is 0 Å². The number of aliphatic hydroxyl groups excluding tert-OH is 1. The summed E-state index contributed by atoms with van der Waals surface area (Å²) in [5.74, 6) is 0.0694. The first-order valence-electron chi connectivity index (χ1n) is 5.22. The Kier molecular flexibility index (Phi) is 3.89. The quantitative estimate of drug-likeness (QED) is 0.595. The highest BCUT2D eigenvalue weighted by atomic mass is 16.3. The molecule has 14 heavy (non-hydrogen) atoms. The predicted octanol–water partition coefficient (Wildman–Crippen LogP) is -0.127. The van der Waals surface area contributed by atoms with E-state index >= 15 is 0 Å². The Morgan fingerprint density at radius 2 is 2.14 bits per heavy atom. The molecule has 1 atom stereocenters. The molecular formula is C10H20N2O2. The van der Waals surface area contributed by atoms with Crippen LogP contribution in [-0.4, -0.2) is 36.8 Å². The lowest BCUT2D eigenvalue weighted by Crippen LogP contribution is -2.47. The number of aliphatic hydroxyl groups is 1. The van der Waals surface area contributed by atoms with Gasteiger partial charge in [0.05, 0.1) is 6.10 Å². The molecule has 0 unspecified atom stereocenters. The fraction of sp³-hybridized carbons (Fsp3) is 0.900. The summed E-state index contributed by atoms with van der Waals surface area (Å²) in [6.07, 6.45) is 1.28. The van der Waals surface area contributed by atoms with Gasteiger partial charge in [-0.25, -0.2) is 0 Å². The third kappa shape index (κ3) is 2.96.